The first-order chi connectivity index (χ1) is 25.3. The van der Waals surface area contributed by atoms with Crippen LogP contribution in [0.25, 0.3) is 88.1 Å². The molecule has 2 aromatic heterocycles. The van der Waals surface area contributed by atoms with Crippen LogP contribution in [0.5, 0.6) is 0 Å². The summed E-state index contributed by atoms with van der Waals surface area (Å²) in [7, 11) is 0. The molecular formula is C48H36N2O2. The molecule has 0 aliphatic heterocycles. The number of benzene rings is 7. The maximum absolute atomic E-state index is 14.7. The van der Waals surface area contributed by atoms with E-state index in [-0.39, 0.29) is 10.9 Å². The van der Waals surface area contributed by atoms with Gasteiger partial charge in [0.1, 0.15) is 0 Å². The quantitative estimate of drug-likeness (QED) is 0.183. The van der Waals surface area contributed by atoms with Gasteiger partial charge >= 0.3 is 0 Å². The maximum Gasteiger partial charge on any atom is 0.197 e. The van der Waals surface area contributed by atoms with E-state index in [9.17, 15) is 9.59 Å². The average Bonchev–Trinajstić information content (AvgIpc) is 3.14. The normalized spacial score (nSPS) is 11.6. The number of nitrogens with one attached hydrogen (secondary N) is 2. The van der Waals surface area contributed by atoms with Crippen LogP contribution in [0, 0.1) is 27.7 Å². The Bertz CT molecular complexity index is 2850. The van der Waals surface area contributed by atoms with E-state index < -0.39 is 0 Å². The zero-order valence-corrected chi connectivity index (χ0v) is 29.5. The second kappa shape index (κ2) is 12.1. The Kier molecular flexibility index (Phi) is 7.30. The van der Waals surface area contributed by atoms with E-state index in [1.54, 1.807) is 0 Å². The van der Waals surface area contributed by atoms with Crippen molar-refractivity contribution >= 4 is 43.6 Å². The molecule has 0 aliphatic carbocycles. The van der Waals surface area contributed by atoms with Crippen LogP contribution in [-0.2, 0) is 0 Å². The molecule has 0 aliphatic rings. The molecule has 9 rings (SSSR count). The van der Waals surface area contributed by atoms with Crippen molar-refractivity contribution in [3.63, 3.8) is 0 Å². The Balaban J connectivity index is 1.38. The van der Waals surface area contributed by atoms with Crippen LogP contribution in [0.3, 0.4) is 0 Å². The average molecular weight is 673 g/mol. The van der Waals surface area contributed by atoms with Gasteiger partial charge in [-0.1, -0.05) is 97.1 Å². The third-order valence-corrected chi connectivity index (χ3v) is 10.7. The van der Waals surface area contributed by atoms with Gasteiger partial charge in [-0.15, -0.1) is 0 Å². The highest BCUT2D eigenvalue weighted by molar-refractivity contribution is 6.09. The molecule has 7 aromatic carbocycles. The molecule has 0 saturated heterocycles. The Morgan fingerprint density at radius 3 is 1.02 bits per heavy atom. The van der Waals surface area contributed by atoms with Crippen LogP contribution >= 0.6 is 0 Å². The fourth-order valence-corrected chi connectivity index (χ4v) is 7.99. The van der Waals surface area contributed by atoms with Crippen molar-refractivity contribution in [1.29, 1.82) is 0 Å². The summed E-state index contributed by atoms with van der Waals surface area (Å²) in [5.41, 5.74) is 15.1. The molecule has 0 spiro atoms. The first-order valence-corrected chi connectivity index (χ1v) is 17.7. The van der Waals surface area contributed by atoms with E-state index in [1.807, 2.05) is 60.7 Å². The van der Waals surface area contributed by atoms with Crippen molar-refractivity contribution in [1.82, 2.24) is 9.97 Å². The summed E-state index contributed by atoms with van der Waals surface area (Å²) < 4.78 is 0. The van der Waals surface area contributed by atoms with E-state index in [0.717, 1.165) is 77.8 Å². The van der Waals surface area contributed by atoms with Gasteiger partial charge in [0.05, 0.1) is 32.8 Å². The van der Waals surface area contributed by atoms with Crippen molar-refractivity contribution in [2.45, 2.75) is 27.7 Å². The summed E-state index contributed by atoms with van der Waals surface area (Å²) in [6.07, 6.45) is 0. The summed E-state index contributed by atoms with van der Waals surface area (Å²) in [5, 5.41) is 2.32. The molecule has 2 heterocycles. The van der Waals surface area contributed by atoms with Crippen molar-refractivity contribution in [3.05, 3.63) is 176 Å². The number of pyridine rings is 2. The number of aryl methyl sites for hydroxylation is 4. The zero-order chi connectivity index (χ0) is 35.7. The monoisotopic (exact) mass is 672 g/mol. The molecule has 0 radical (unpaired) electrons. The van der Waals surface area contributed by atoms with Crippen LogP contribution in [0.2, 0.25) is 0 Å². The Morgan fingerprint density at radius 1 is 0.346 bits per heavy atom. The third kappa shape index (κ3) is 4.98. The molecule has 4 heteroatoms. The fourth-order valence-electron chi connectivity index (χ4n) is 7.99. The second-order valence-electron chi connectivity index (χ2n) is 14.0. The highest BCUT2D eigenvalue weighted by Gasteiger charge is 2.20. The topological polar surface area (TPSA) is 65.7 Å². The van der Waals surface area contributed by atoms with E-state index >= 15 is 0 Å². The lowest BCUT2D eigenvalue weighted by atomic mass is 9.90. The van der Waals surface area contributed by atoms with E-state index in [2.05, 4.69) is 110 Å². The molecule has 0 unspecified atom stereocenters. The number of rotatable bonds is 4. The number of hydrogen-bond acceptors (Lipinski definition) is 2. The lowest BCUT2D eigenvalue weighted by molar-refractivity contribution is 1.42. The minimum absolute atomic E-state index is 0.0737. The first-order valence-electron chi connectivity index (χ1n) is 17.7. The molecular weight excluding hydrogens is 637 g/mol. The van der Waals surface area contributed by atoms with Gasteiger partial charge in [0.25, 0.3) is 0 Å². The van der Waals surface area contributed by atoms with Crippen LogP contribution in [0.15, 0.2) is 143 Å². The summed E-state index contributed by atoms with van der Waals surface area (Å²) in [6.45, 7) is 8.37. The van der Waals surface area contributed by atoms with Gasteiger partial charge in [0, 0.05) is 10.8 Å². The Morgan fingerprint density at radius 2 is 0.673 bits per heavy atom. The molecule has 0 fully saturated rings. The molecule has 0 bridgehead atoms. The molecule has 52 heavy (non-hydrogen) atoms. The number of hydrogen-bond donors (Lipinski definition) is 2. The van der Waals surface area contributed by atoms with Gasteiger partial charge in [-0.3, -0.25) is 9.59 Å². The predicted molar refractivity (Wildman–Crippen MR) is 218 cm³/mol. The smallest absolute Gasteiger partial charge is 0.197 e. The molecule has 250 valence electrons. The summed E-state index contributed by atoms with van der Waals surface area (Å²) in [6, 6.07) is 45.1. The van der Waals surface area contributed by atoms with E-state index in [1.165, 1.54) is 0 Å². The van der Waals surface area contributed by atoms with E-state index in [4.69, 9.17) is 0 Å². The van der Waals surface area contributed by atoms with Gasteiger partial charge in [-0.2, -0.15) is 0 Å². The molecule has 4 nitrogen and oxygen atoms in total. The third-order valence-electron chi connectivity index (χ3n) is 10.7. The van der Waals surface area contributed by atoms with Crippen LogP contribution in [0.4, 0.5) is 0 Å². The van der Waals surface area contributed by atoms with Gasteiger partial charge < -0.3 is 9.97 Å². The van der Waals surface area contributed by atoms with Crippen LogP contribution in [0.1, 0.15) is 22.3 Å². The Labute approximate surface area is 301 Å². The minimum atomic E-state index is -0.0737. The van der Waals surface area contributed by atoms with Gasteiger partial charge in [0.2, 0.25) is 0 Å². The van der Waals surface area contributed by atoms with Crippen LogP contribution < -0.4 is 10.9 Å². The molecule has 9 aromatic rings. The predicted octanol–water partition coefficient (Wildman–Crippen LogP) is 11.6. The van der Waals surface area contributed by atoms with E-state index in [0.29, 0.717) is 32.6 Å². The first kappa shape index (κ1) is 31.5. The number of aromatic nitrogens is 2. The Hall–Kier alpha value is -6.52. The van der Waals surface area contributed by atoms with Gasteiger partial charge in [-0.05, 0) is 131 Å². The highest BCUT2D eigenvalue weighted by Crippen LogP contribution is 2.38. The number of fused-ring (bicyclic) bond motifs is 4. The van der Waals surface area contributed by atoms with Crippen molar-refractivity contribution < 1.29 is 0 Å². The zero-order valence-electron chi connectivity index (χ0n) is 29.5. The SMILES string of the molecule is Cc1ccccc1-c1cc(-c2ccccc2C)c2c(=O)c3cc4[nH]c5cc(-c6ccccc6C)cc(-c6ccccc6C)c5c(=O)c4cc3[nH]c2c1. The standard InChI is InChI=1S/C48H36N2O2/c1-27-13-5-9-17-33(27)31-21-37(35-19-11-7-15-29(35)3)45-43(23-31)49-41-25-40-42(26-39(41)47(45)51)50-44-24-32(34-18-10-6-14-28(34)2)22-38(46(44)48(40)52)36-20-12-8-16-30(36)4/h5-26H,1-4H3,(H,49,51)(H,50,52). The summed E-state index contributed by atoms with van der Waals surface area (Å²) in [5.74, 6) is 0. The van der Waals surface area contributed by atoms with Crippen molar-refractivity contribution in [2.24, 2.45) is 0 Å². The number of H-pyrrole nitrogens is 2. The summed E-state index contributed by atoms with van der Waals surface area (Å²) >= 11 is 0. The van der Waals surface area contributed by atoms with Gasteiger partial charge in [0.15, 0.2) is 10.9 Å². The highest BCUT2D eigenvalue weighted by atomic mass is 16.1. The lowest BCUT2D eigenvalue weighted by Gasteiger charge is -2.16. The van der Waals surface area contributed by atoms with Gasteiger partial charge in [-0.25, -0.2) is 0 Å². The van der Waals surface area contributed by atoms with Crippen molar-refractivity contribution in [2.75, 3.05) is 0 Å². The van der Waals surface area contributed by atoms with Crippen LogP contribution in [-0.4, -0.2) is 9.97 Å². The lowest BCUT2D eigenvalue weighted by Crippen LogP contribution is -2.10. The second-order valence-corrected chi connectivity index (χ2v) is 14.0. The summed E-state index contributed by atoms with van der Waals surface area (Å²) in [4.78, 5) is 36.7. The fraction of sp³-hybridized carbons (Fsp3) is 0.0833. The number of aromatic amines is 2. The maximum atomic E-state index is 14.7. The molecule has 0 saturated carbocycles. The molecule has 0 amide bonds. The van der Waals surface area contributed by atoms with Crippen molar-refractivity contribution in [3.8, 4) is 44.5 Å². The largest absolute Gasteiger partial charge is 0.354 e. The molecule has 0 atom stereocenters. The minimum Gasteiger partial charge on any atom is -0.354 e. The molecule has 2 N–H and O–H groups in total.